The minimum atomic E-state index is -0.0819. The number of nitrogens with one attached hydrogen (secondary N) is 1. The summed E-state index contributed by atoms with van der Waals surface area (Å²) >= 11 is 6.15. The molecule has 0 radical (unpaired) electrons. The Morgan fingerprint density at radius 2 is 1.77 bits per heavy atom. The predicted molar refractivity (Wildman–Crippen MR) is 118 cm³/mol. The highest BCUT2D eigenvalue weighted by molar-refractivity contribution is 6.32. The molecule has 2 heterocycles. The zero-order valence-corrected chi connectivity index (χ0v) is 17.6. The van der Waals surface area contributed by atoms with Crippen molar-refractivity contribution < 1.29 is 14.3 Å². The molecule has 4 rings (SSSR count). The normalized spacial score (nSPS) is 14.6. The van der Waals surface area contributed by atoms with Gasteiger partial charge in [-0.05, 0) is 43.2 Å². The number of para-hydroxylation sites is 2. The average Bonchev–Trinajstić information content (AvgIpc) is 2.78. The molecule has 0 saturated carbocycles. The van der Waals surface area contributed by atoms with E-state index in [2.05, 4.69) is 15.2 Å². The van der Waals surface area contributed by atoms with E-state index in [4.69, 9.17) is 26.1 Å². The number of methoxy groups -OCH3 is 2. The Hall–Kier alpha value is -3.06. The number of piperidine rings is 1. The van der Waals surface area contributed by atoms with Crippen molar-refractivity contribution in [3.8, 4) is 11.6 Å². The van der Waals surface area contributed by atoms with Crippen LogP contribution < -0.4 is 19.7 Å². The second kappa shape index (κ2) is 8.75. The van der Waals surface area contributed by atoms with E-state index >= 15 is 0 Å². The Bertz CT molecular complexity index is 1070. The lowest BCUT2D eigenvalue weighted by Crippen LogP contribution is -2.38. The minimum absolute atomic E-state index is 0.00700. The third-order valence-electron chi connectivity index (χ3n) is 5.30. The van der Waals surface area contributed by atoms with Gasteiger partial charge in [0.05, 0.1) is 30.3 Å². The molecule has 156 valence electrons. The van der Waals surface area contributed by atoms with E-state index in [-0.39, 0.29) is 11.8 Å². The standard InChI is InChI=1S/C22H23ClN4O3/c1-29-19-8-7-15(13-16(19)23)24-21(28)14-9-11-27(12-10-14)20-22(30-2)26-18-6-4-3-5-17(18)25-20/h3-8,13-14H,9-12H2,1-2H3,(H,24,28). The minimum Gasteiger partial charge on any atom is -0.495 e. The fourth-order valence-corrected chi connectivity index (χ4v) is 3.92. The molecule has 1 aliphatic rings. The van der Waals surface area contributed by atoms with Crippen LogP contribution >= 0.6 is 11.6 Å². The number of aromatic nitrogens is 2. The Morgan fingerprint density at radius 1 is 1.07 bits per heavy atom. The molecular weight excluding hydrogens is 404 g/mol. The Kier molecular flexibility index (Phi) is 5.90. The summed E-state index contributed by atoms with van der Waals surface area (Å²) in [4.78, 5) is 24.2. The van der Waals surface area contributed by atoms with Crippen LogP contribution in [-0.4, -0.2) is 43.2 Å². The third kappa shape index (κ3) is 4.11. The molecule has 1 N–H and O–H groups in total. The molecule has 0 aliphatic carbocycles. The molecule has 1 aliphatic heterocycles. The molecule has 0 spiro atoms. The lowest BCUT2D eigenvalue weighted by atomic mass is 9.96. The second-order valence-electron chi connectivity index (χ2n) is 7.15. The van der Waals surface area contributed by atoms with Gasteiger partial charge in [0.25, 0.3) is 5.88 Å². The quantitative estimate of drug-likeness (QED) is 0.660. The van der Waals surface area contributed by atoms with Crippen molar-refractivity contribution in [1.29, 1.82) is 0 Å². The molecule has 1 amide bonds. The van der Waals surface area contributed by atoms with E-state index in [0.29, 0.717) is 48.3 Å². The van der Waals surface area contributed by atoms with Crippen molar-refractivity contribution in [2.45, 2.75) is 12.8 Å². The van der Waals surface area contributed by atoms with Crippen LogP contribution in [0.25, 0.3) is 11.0 Å². The molecular formula is C22H23ClN4O3. The molecule has 2 aromatic carbocycles. The topological polar surface area (TPSA) is 76.6 Å². The molecule has 0 bridgehead atoms. The summed E-state index contributed by atoms with van der Waals surface area (Å²) < 4.78 is 10.6. The van der Waals surface area contributed by atoms with E-state index in [1.807, 2.05) is 24.3 Å². The Morgan fingerprint density at radius 3 is 2.40 bits per heavy atom. The highest BCUT2D eigenvalue weighted by atomic mass is 35.5. The lowest BCUT2D eigenvalue weighted by Gasteiger charge is -2.32. The van der Waals surface area contributed by atoms with Crippen LogP contribution in [0.1, 0.15) is 12.8 Å². The zero-order valence-electron chi connectivity index (χ0n) is 16.9. The van der Waals surface area contributed by atoms with Gasteiger partial charge in [0.2, 0.25) is 5.91 Å². The fraction of sp³-hybridized carbons (Fsp3) is 0.318. The number of hydrogen-bond donors (Lipinski definition) is 1. The first-order chi connectivity index (χ1) is 14.6. The van der Waals surface area contributed by atoms with Crippen LogP contribution in [0.3, 0.4) is 0 Å². The van der Waals surface area contributed by atoms with Gasteiger partial charge in [0.1, 0.15) is 5.75 Å². The third-order valence-corrected chi connectivity index (χ3v) is 5.59. The molecule has 30 heavy (non-hydrogen) atoms. The number of halogens is 1. The number of fused-ring (bicyclic) bond motifs is 1. The maximum atomic E-state index is 12.7. The largest absolute Gasteiger partial charge is 0.495 e. The summed E-state index contributed by atoms with van der Waals surface area (Å²) in [6, 6.07) is 12.9. The van der Waals surface area contributed by atoms with Gasteiger partial charge in [0.15, 0.2) is 5.82 Å². The van der Waals surface area contributed by atoms with Gasteiger partial charge in [-0.3, -0.25) is 4.79 Å². The zero-order chi connectivity index (χ0) is 21.1. The lowest BCUT2D eigenvalue weighted by molar-refractivity contribution is -0.120. The molecule has 0 unspecified atom stereocenters. The fourth-order valence-electron chi connectivity index (χ4n) is 3.66. The van der Waals surface area contributed by atoms with Crippen molar-refractivity contribution in [2.24, 2.45) is 5.92 Å². The highest BCUT2D eigenvalue weighted by Gasteiger charge is 2.28. The van der Waals surface area contributed by atoms with Gasteiger partial charge < -0.3 is 19.7 Å². The average molecular weight is 427 g/mol. The maximum Gasteiger partial charge on any atom is 0.257 e. The predicted octanol–water partition coefficient (Wildman–Crippen LogP) is 4.16. The second-order valence-corrected chi connectivity index (χ2v) is 7.55. The van der Waals surface area contributed by atoms with E-state index < -0.39 is 0 Å². The molecule has 0 atom stereocenters. The summed E-state index contributed by atoms with van der Waals surface area (Å²) in [7, 11) is 3.16. The van der Waals surface area contributed by atoms with E-state index in [1.54, 1.807) is 32.4 Å². The van der Waals surface area contributed by atoms with Crippen LogP contribution in [0.15, 0.2) is 42.5 Å². The van der Waals surface area contributed by atoms with Crippen molar-refractivity contribution >= 4 is 40.0 Å². The summed E-state index contributed by atoms with van der Waals surface area (Å²) in [5.41, 5.74) is 2.28. The molecule has 1 aromatic heterocycles. The van der Waals surface area contributed by atoms with Crippen molar-refractivity contribution in [1.82, 2.24) is 9.97 Å². The van der Waals surface area contributed by atoms with Gasteiger partial charge in [-0.15, -0.1) is 0 Å². The first kappa shape index (κ1) is 20.2. The Labute approximate surface area is 180 Å². The van der Waals surface area contributed by atoms with Gasteiger partial charge >= 0.3 is 0 Å². The van der Waals surface area contributed by atoms with Gasteiger partial charge in [0, 0.05) is 24.7 Å². The number of carbonyl (C=O) groups excluding carboxylic acids is 1. The molecule has 8 heteroatoms. The van der Waals surface area contributed by atoms with Gasteiger partial charge in [-0.25, -0.2) is 9.97 Å². The van der Waals surface area contributed by atoms with Crippen LogP contribution in [0, 0.1) is 5.92 Å². The molecule has 3 aromatic rings. The first-order valence-electron chi connectivity index (χ1n) is 9.79. The van der Waals surface area contributed by atoms with Crippen LogP contribution in [0.4, 0.5) is 11.5 Å². The number of ether oxygens (including phenoxy) is 2. The Balaban J connectivity index is 1.43. The van der Waals surface area contributed by atoms with Crippen molar-refractivity contribution in [2.75, 3.05) is 37.5 Å². The monoisotopic (exact) mass is 426 g/mol. The first-order valence-corrected chi connectivity index (χ1v) is 10.2. The SMILES string of the molecule is COc1ccc(NC(=O)C2CCN(c3nc4ccccc4nc3OC)CC2)cc1Cl. The smallest absolute Gasteiger partial charge is 0.257 e. The molecule has 1 saturated heterocycles. The summed E-state index contributed by atoms with van der Waals surface area (Å²) in [6.07, 6.45) is 1.43. The van der Waals surface area contributed by atoms with E-state index in [0.717, 1.165) is 16.9 Å². The van der Waals surface area contributed by atoms with Gasteiger partial charge in [-0.2, -0.15) is 0 Å². The van der Waals surface area contributed by atoms with Crippen LogP contribution in [-0.2, 0) is 4.79 Å². The molecule has 1 fully saturated rings. The van der Waals surface area contributed by atoms with Crippen LogP contribution in [0.5, 0.6) is 11.6 Å². The maximum absolute atomic E-state index is 12.7. The number of hydrogen-bond acceptors (Lipinski definition) is 6. The highest BCUT2D eigenvalue weighted by Crippen LogP contribution is 2.31. The van der Waals surface area contributed by atoms with Gasteiger partial charge in [-0.1, -0.05) is 23.7 Å². The summed E-state index contributed by atoms with van der Waals surface area (Å²) in [6.45, 7) is 1.40. The number of anilines is 2. The number of rotatable bonds is 5. The van der Waals surface area contributed by atoms with Crippen LogP contribution in [0.2, 0.25) is 5.02 Å². The number of benzene rings is 2. The molecule has 7 nitrogen and oxygen atoms in total. The number of amides is 1. The summed E-state index contributed by atoms with van der Waals surface area (Å²) in [5, 5.41) is 3.42. The van der Waals surface area contributed by atoms with Crippen molar-refractivity contribution in [3.63, 3.8) is 0 Å². The number of nitrogens with zero attached hydrogens (tertiary/aromatic N) is 3. The van der Waals surface area contributed by atoms with Crippen molar-refractivity contribution in [3.05, 3.63) is 47.5 Å². The van der Waals surface area contributed by atoms with E-state index in [1.165, 1.54) is 0 Å². The number of carbonyl (C=O) groups is 1. The van der Waals surface area contributed by atoms with E-state index in [9.17, 15) is 4.79 Å². The summed E-state index contributed by atoms with van der Waals surface area (Å²) in [5.74, 6) is 1.71.